The molecule has 1 rings (SSSR count). The van der Waals surface area contributed by atoms with Crippen molar-refractivity contribution in [2.45, 2.75) is 13.0 Å². The van der Waals surface area contributed by atoms with E-state index in [2.05, 4.69) is 9.72 Å². The third-order valence-corrected chi connectivity index (χ3v) is 1.20. The summed E-state index contributed by atoms with van der Waals surface area (Å²) in [5, 5.41) is 0. The van der Waals surface area contributed by atoms with E-state index in [1.165, 1.54) is 0 Å². The summed E-state index contributed by atoms with van der Waals surface area (Å²) in [6.07, 6.45) is -4.96. The highest BCUT2D eigenvalue weighted by Crippen LogP contribution is 2.22. The van der Waals surface area contributed by atoms with Crippen molar-refractivity contribution in [1.82, 2.24) is 4.98 Å². The standard InChI is InChI=1S/C7H4F5NO/c8-3-4-1-5(9)13-6(2-4)14-7(10,11)12/h1-2H,3H2. The fourth-order valence-corrected chi connectivity index (χ4v) is 0.771. The predicted molar refractivity (Wildman–Crippen MR) is 35.7 cm³/mol. The Bertz CT molecular complexity index is 324. The van der Waals surface area contributed by atoms with Crippen LogP contribution in [0.3, 0.4) is 0 Å². The number of aromatic nitrogens is 1. The predicted octanol–water partition coefficient (Wildman–Crippen LogP) is 2.59. The summed E-state index contributed by atoms with van der Waals surface area (Å²) in [6.45, 7) is -1.09. The number of nitrogens with zero attached hydrogens (tertiary/aromatic N) is 1. The maximum atomic E-state index is 12.5. The van der Waals surface area contributed by atoms with E-state index in [-0.39, 0.29) is 5.56 Å². The zero-order chi connectivity index (χ0) is 10.8. The molecule has 0 spiro atoms. The van der Waals surface area contributed by atoms with Gasteiger partial charge in [-0.2, -0.15) is 9.37 Å². The molecule has 0 saturated carbocycles. The van der Waals surface area contributed by atoms with E-state index in [0.29, 0.717) is 12.1 Å². The van der Waals surface area contributed by atoms with Gasteiger partial charge < -0.3 is 4.74 Å². The van der Waals surface area contributed by atoms with Crippen LogP contribution >= 0.6 is 0 Å². The first kappa shape index (κ1) is 10.7. The molecule has 1 heterocycles. The molecule has 0 bridgehead atoms. The van der Waals surface area contributed by atoms with Crippen molar-refractivity contribution in [1.29, 1.82) is 0 Å². The van der Waals surface area contributed by atoms with Crippen LogP contribution in [0.2, 0.25) is 0 Å². The van der Waals surface area contributed by atoms with Gasteiger partial charge in [-0.05, 0) is 11.6 Å². The summed E-state index contributed by atoms with van der Waals surface area (Å²) < 4.78 is 62.6. The van der Waals surface area contributed by atoms with Crippen LogP contribution in [0.1, 0.15) is 5.56 Å². The highest BCUT2D eigenvalue weighted by molar-refractivity contribution is 5.20. The summed E-state index contributed by atoms with van der Waals surface area (Å²) in [4.78, 5) is 2.79. The fourth-order valence-electron chi connectivity index (χ4n) is 0.771. The van der Waals surface area contributed by atoms with Gasteiger partial charge >= 0.3 is 6.36 Å². The van der Waals surface area contributed by atoms with Crippen LogP contribution in [0.5, 0.6) is 5.88 Å². The maximum Gasteiger partial charge on any atom is 0.574 e. The fraction of sp³-hybridized carbons (Fsp3) is 0.286. The average Bonchev–Trinajstić information content (AvgIpc) is 1.99. The van der Waals surface area contributed by atoms with Gasteiger partial charge in [0.2, 0.25) is 11.8 Å². The van der Waals surface area contributed by atoms with Gasteiger partial charge in [0.25, 0.3) is 0 Å². The molecule has 78 valence electrons. The van der Waals surface area contributed by atoms with Crippen LogP contribution in [0.15, 0.2) is 12.1 Å². The van der Waals surface area contributed by atoms with Crippen LogP contribution in [-0.2, 0) is 6.67 Å². The Kier molecular flexibility index (Phi) is 2.87. The van der Waals surface area contributed by atoms with E-state index in [1.54, 1.807) is 0 Å². The number of hydrogen-bond acceptors (Lipinski definition) is 2. The largest absolute Gasteiger partial charge is 0.574 e. The first-order chi connectivity index (χ1) is 6.40. The number of alkyl halides is 4. The Morgan fingerprint density at radius 3 is 2.43 bits per heavy atom. The third-order valence-electron chi connectivity index (χ3n) is 1.20. The van der Waals surface area contributed by atoms with Crippen LogP contribution in [0.25, 0.3) is 0 Å². The quantitative estimate of drug-likeness (QED) is 0.556. The molecule has 0 aromatic carbocycles. The summed E-state index contributed by atoms with van der Waals surface area (Å²) in [6, 6.07) is 1.36. The van der Waals surface area contributed by atoms with Crippen LogP contribution < -0.4 is 4.74 Å². The van der Waals surface area contributed by atoms with Crippen LogP contribution in [0.4, 0.5) is 22.0 Å². The van der Waals surface area contributed by atoms with E-state index in [4.69, 9.17) is 0 Å². The Morgan fingerprint density at radius 2 is 1.93 bits per heavy atom. The summed E-state index contributed by atoms with van der Waals surface area (Å²) in [5.41, 5.74) is -0.267. The second kappa shape index (κ2) is 3.77. The molecule has 0 N–H and O–H groups in total. The van der Waals surface area contributed by atoms with Crippen molar-refractivity contribution >= 4 is 0 Å². The maximum absolute atomic E-state index is 12.5. The summed E-state index contributed by atoms with van der Waals surface area (Å²) in [5.74, 6) is -2.23. The second-order valence-corrected chi connectivity index (χ2v) is 2.32. The molecule has 1 aromatic heterocycles. The molecule has 0 aliphatic heterocycles. The van der Waals surface area contributed by atoms with E-state index in [0.717, 1.165) is 0 Å². The van der Waals surface area contributed by atoms with Gasteiger partial charge in [-0.25, -0.2) is 4.39 Å². The molecule has 1 aromatic rings. The van der Waals surface area contributed by atoms with Crippen molar-refractivity contribution in [2.24, 2.45) is 0 Å². The molecule has 0 fully saturated rings. The molecular formula is C7H4F5NO. The van der Waals surface area contributed by atoms with Crippen molar-refractivity contribution in [3.63, 3.8) is 0 Å². The van der Waals surface area contributed by atoms with Crippen LogP contribution in [-0.4, -0.2) is 11.3 Å². The number of ether oxygens (including phenoxy) is 1. The molecule has 0 aliphatic rings. The van der Waals surface area contributed by atoms with E-state index in [9.17, 15) is 22.0 Å². The Balaban J connectivity index is 2.92. The van der Waals surface area contributed by atoms with E-state index in [1.807, 2.05) is 0 Å². The molecule has 2 nitrogen and oxygen atoms in total. The van der Waals surface area contributed by atoms with Crippen molar-refractivity contribution in [3.8, 4) is 5.88 Å². The Morgan fingerprint density at radius 1 is 1.29 bits per heavy atom. The Labute approximate surface area is 75.3 Å². The minimum atomic E-state index is -4.96. The smallest absolute Gasteiger partial charge is 0.388 e. The van der Waals surface area contributed by atoms with E-state index >= 15 is 0 Å². The van der Waals surface area contributed by atoms with Gasteiger partial charge in [0.05, 0.1) is 0 Å². The van der Waals surface area contributed by atoms with Crippen molar-refractivity contribution in [2.75, 3.05) is 0 Å². The van der Waals surface area contributed by atoms with Crippen LogP contribution in [0, 0.1) is 5.95 Å². The second-order valence-electron chi connectivity index (χ2n) is 2.32. The van der Waals surface area contributed by atoms with Gasteiger partial charge in [-0.3, -0.25) is 0 Å². The molecular weight excluding hydrogens is 209 g/mol. The molecule has 0 amide bonds. The van der Waals surface area contributed by atoms with Crippen molar-refractivity contribution < 1.29 is 26.7 Å². The lowest BCUT2D eigenvalue weighted by atomic mass is 10.3. The average molecular weight is 213 g/mol. The van der Waals surface area contributed by atoms with Gasteiger partial charge in [0.15, 0.2) is 0 Å². The lowest BCUT2D eigenvalue weighted by molar-refractivity contribution is -0.276. The molecule has 0 radical (unpaired) electrons. The number of pyridine rings is 1. The number of halogens is 5. The Hall–Kier alpha value is -1.40. The van der Waals surface area contributed by atoms with Gasteiger partial charge in [0.1, 0.15) is 6.67 Å². The summed E-state index contributed by atoms with van der Waals surface area (Å²) >= 11 is 0. The third kappa shape index (κ3) is 3.15. The first-order valence-corrected chi connectivity index (χ1v) is 3.39. The number of hydrogen-bond donors (Lipinski definition) is 0. The van der Waals surface area contributed by atoms with Gasteiger partial charge in [-0.1, -0.05) is 0 Å². The SMILES string of the molecule is FCc1cc(F)nc(OC(F)(F)F)c1. The minimum Gasteiger partial charge on any atom is -0.388 e. The monoisotopic (exact) mass is 213 g/mol. The first-order valence-electron chi connectivity index (χ1n) is 3.39. The highest BCUT2D eigenvalue weighted by atomic mass is 19.4. The lowest BCUT2D eigenvalue weighted by Gasteiger charge is -2.08. The molecule has 7 heteroatoms. The van der Waals surface area contributed by atoms with E-state index < -0.39 is 24.9 Å². The van der Waals surface area contributed by atoms with Crippen molar-refractivity contribution in [3.05, 3.63) is 23.6 Å². The molecule has 0 unspecified atom stereocenters. The molecule has 14 heavy (non-hydrogen) atoms. The highest BCUT2D eigenvalue weighted by Gasteiger charge is 2.32. The topological polar surface area (TPSA) is 22.1 Å². The number of rotatable bonds is 2. The molecule has 0 atom stereocenters. The van der Waals surface area contributed by atoms with Gasteiger partial charge in [-0.15, -0.1) is 13.2 Å². The zero-order valence-corrected chi connectivity index (χ0v) is 6.61. The summed E-state index contributed by atoms with van der Waals surface area (Å²) in [7, 11) is 0. The lowest BCUT2D eigenvalue weighted by Crippen LogP contribution is -2.18. The zero-order valence-electron chi connectivity index (χ0n) is 6.61. The molecule has 0 aliphatic carbocycles. The minimum absolute atomic E-state index is 0.267. The van der Waals surface area contributed by atoms with Gasteiger partial charge in [0, 0.05) is 6.07 Å². The molecule has 0 saturated heterocycles. The normalized spacial score (nSPS) is 11.5.